The van der Waals surface area contributed by atoms with Gasteiger partial charge in [-0.3, -0.25) is 0 Å². The first-order valence-corrected chi connectivity index (χ1v) is 6.20. The van der Waals surface area contributed by atoms with Gasteiger partial charge in [0.05, 0.1) is 11.3 Å². The molecular weight excluding hydrogens is 232 g/mol. The molecule has 80 valence electrons. The van der Waals surface area contributed by atoms with Crippen LogP contribution in [0.3, 0.4) is 0 Å². The summed E-state index contributed by atoms with van der Waals surface area (Å²) in [7, 11) is 6.70. The summed E-state index contributed by atoms with van der Waals surface area (Å²) in [4.78, 5) is 0.702. The van der Waals surface area contributed by atoms with E-state index in [1.807, 2.05) is 0 Å². The van der Waals surface area contributed by atoms with Crippen molar-refractivity contribution in [3.05, 3.63) is 23.3 Å². The Kier molecular flexibility index (Phi) is 2.66. The summed E-state index contributed by atoms with van der Waals surface area (Å²) in [5, 5.41) is 17.2. The molecule has 5 heteroatoms. The predicted molar refractivity (Wildman–Crippen MR) is 63.6 cm³/mol. The first-order chi connectivity index (χ1) is 7.10. The van der Waals surface area contributed by atoms with Crippen LogP contribution in [-0.4, -0.2) is 11.3 Å². The van der Waals surface area contributed by atoms with Gasteiger partial charge < -0.3 is 16.2 Å². The fraction of sp³-hybridized carbons (Fsp3) is 0.300. The Labute approximate surface area is 96.6 Å². The van der Waals surface area contributed by atoms with E-state index < -0.39 is 5.60 Å². The number of anilines is 1. The standard InChI is InChI=1S/C10H11ClN2OS/c11-15-8-4-7(10(14)1-2-10)3-6(5-12)9(8)13/h3-5,12,14H,1-2,13H2. The molecular formula is C10H11ClN2OS. The summed E-state index contributed by atoms with van der Waals surface area (Å²) in [6.07, 6.45) is 2.71. The number of aliphatic hydroxyl groups is 1. The highest BCUT2D eigenvalue weighted by atomic mass is 35.7. The Hall–Kier alpha value is -0.710. The number of nitrogens with two attached hydrogens (primary N) is 1. The molecule has 15 heavy (non-hydrogen) atoms. The molecule has 0 aromatic heterocycles. The van der Waals surface area contributed by atoms with Crippen molar-refractivity contribution < 1.29 is 5.11 Å². The van der Waals surface area contributed by atoms with Crippen molar-refractivity contribution >= 4 is 33.6 Å². The molecule has 0 amide bonds. The van der Waals surface area contributed by atoms with Gasteiger partial charge in [-0.15, -0.1) is 0 Å². The number of nitrogen functional groups attached to an aromatic ring is 1. The lowest BCUT2D eigenvalue weighted by molar-refractivity contribution is 0.151. The number of hydrogen-bond donors (Lipinski definition) is 3. The number of nitrogens with one attached hydrogen (secondary N) is 1. The van der Waals surface area contributed by atoms with Crippen molar-refractivity contribution in [3.8, 4) is 0 Å². The van der Waals surface area contributed by atoms with E-state index in [0.717, 1.165) is 29.4 Å². The first kappa shape index (κ1) is 10.8. The lowest BCUT2D eigenvalue weighted by Gasteiger charge is -2.13. The van der Waals surface area contributed by atoms with E-state index in [9.17, 15) is 5.11 Å². The molecule has 0 bridgehead atoms. The molecule has 0 radical (unpaired) electrons. The molecule has 1 aromatic rings. The Morgan fingerprint density at radius 1 is 1.53 bits per heavy atom. The molecule has 0 heterocycles. The molecule has 0 unspecified atom stereocenters. The quantitative estimate of drug-likeness (QED) is 0.563. The SMILES string of the molecule is N=Cc1cc(C2(O)CC2)cc(SCl)c1N. The van der Waals surface area contributed by atoms with Crippen molar-refractivity contribution in [1.82, 2.24) is 0 Å². The number of benzene rings is 1. The third-order valence-corrected chi connectivity index (χ3v) is 3.68. The highest BCUT2D eigenvalue weighted by Gasteiger charge is 2.42. The molecule has 0 spiro atoms. The van der Waals surface area contributed by atoms with Crippen LogP contribution in [0.25, 0.3) is 0 Å². The molecule has 0 atom stereocenters. The van der Waals surface area contributed by atoms with Gasteiger partial charge >= 0.3 is 0 Å². The molecule has 2 rings (SSSR count). The van der Waals surface area contributed by atoms with E-state index in [2.05, 4.69) is 0 Å². The molecule has 3 nitrogen and oxygen atoms in total. The molecule has 1 aliphatic rings. The van der Waals surface area contributed by atoms with Gasteiger partial charge in [0.2, 0.25) is 0 Å². The van der Waals surface area contributed by atoms with Gasteiger partial charge in [0, 0.05) is 16.7 Å². The Morgan fingerprint density at radius 3 is 2.67 bits per heavy atom. The lowest BCUT2D eigenvalue weighted by Crippen LogP contribution is -2.07. The third kappa shape index (κ3) is 1.85. The molecule has 1 saturated carbocycles. The predicted octanol–water partition coefficient (Wildman–Crippen LogP) is 2.49. The summed E-state index contributed by atoms with van der Waals surface area (Å²) < 4.78 is 0. The zero-order chi connectivity index (χ0) is 11.1. The summed E-state index contributed by atoms with van der Waals surface area (Å²) in [5.41, 5.74) is 6.99. The van der Waals surface area contributed by atoms with Crippen LogP contribution in [0, 0.1) is 5.41 Å². The van der Waals surface area contributed by atoms with Crippen molar-refractivity contribution in [3.63, 3.8) is 0 Å². The highest BCUT2D eigenvalue weighted by molar-refractivity contribution is 8.21. The maximum Gasteiger partial charge on any atom is 0.0899 e. The average Bonchev–Trinajstić information content (AvgIpc) is 2.98. The van der Waals surface area contributed by atoms with E-state index in [0.29, 0.717) is 16.1 Å². The van der Waals surface area contributed by atoms with Gasteiger partial charge in [-0.2, -0.15) is 0 Å². The van der Waals surface area contributed by atoms with Gasteiger partial charge in [0.1, 0.15) is 0 Å². The second-order valence-electron chi connectivity index (χ2n) is 3.73. The summed E-state index contributed by atoms with van der Waals surface area (Å²) in [6.45, 7) is 0. The van der Waals surface area contributed by atoms with E-state index >= 15 is 0 Å². The lowest BCUT2D eigenvalue weighted by atomic mass is 10.0. The number of rotatable bonds is 3. The van der Waals surface area contributed by atoms with E-state index in [1.165, 1.54) is 6.21 Å². The Balaban J connectivity index is 2.53. The highest BCUT2D eigenvalue weighted by Crippen LogP contribution is 2.47. The van der Waals surface area contributed by atoms with Crippen molar-refractivity contribution in [2.75, 3.05) is 5.73 Å². The molecule has 1 fully saturated rings. The molecule has 1 aromatic carbocycles. The molecule has 0 saturated heterocycles. The summed E-state index contributed by atoms with van der Waals surface area (Å²) in [5.74, 6) is 0. The Morgan fingerprint density at radius 2 is 2.20 bits per heavy atom. The second-order valence-corrected chi connectivity index (χ2v) is 4.79. The van der Waals surface area contributed by atoms with Crippen LogP contribution in [0.5, 0.6) is 0 Å². The van der Waals surface area contributed by atoms with Gasteiger partial charge in [0.25, 0.3) is 0 Å². The topological polar surface area (TPSA) is 70.1 Å². The monoisotopic (exact) mass is 242 g/mol. The fourth-order valence-electron chi connectivity index (χ4n) is 1.51. The van der Waals surface area contributed by atoms with Crippen LogP contribution in [0.1, 0.15) is 24.0 Å². The Bertz CT molecular complexity index is 418. The van der Waals surface area contributed by atoms with Gasteiger partial charge in [-0.05, 0) is 52.2 Å². The summed E-state index contributed by atoms with van der Waals surface area (Å²) in [6, 6.07) is 3.55. The average molecular weight is 243 g/mol. The van der Waals surface area contributed by atoms with E-state index in [4.69, 9.17) is 21.8 Å². The van der Waals surface area contributed by atoms with Gasteiger partial charge in [-0.25, -0.2) is 0 Å². The minimum atomic E-state index is -0.715. The van der Waals surface area contributed by atoms with Crippen molar-refractivity contribution in [2.45, 2.75) is 23.3 Å². The summed E-state index contributed by atoms with van der Waals surface area (Å²) >= 11 is 0. The van der Waals surface area contributed by atoms with Crippen LogP contribution < -0.4 is 5.73 Å². The first-order valence-electron chi connectivity index (χ1n) is 4.56. The van der Waals surface area contributed by atoms with Gasteiger partial charge in [0.15, 0.2) is 0 Å². The zero-order valence-corrected chi connectivity index (χ0v) is 9.53. The normalized spacial score (nSPS) is 17.5. The van der Waals surface area contributed by atoms with Crippen molar-refractivity contribution in [1.29, 1.82) is 5.41 Å². The molecule has 0 aliphatic heterocycles. The third-order valence-electron chi connectivity index (χ3n) is 2.67. The maximum absolute atomic E-state index is 9.96. The van der Waals surface area contributed by atoms with Gasteiger partial charge in [-0.1, -0.05) is 0 Å². The van der Waals surface area contributed by atoms with Crippen LogP contribution >= 0.6 is 21.7 Å². The maximum atomic E-state index is 9.96. The largest absolute Gasteiger partial charge is 0.397 e. The smallest absolute Gasteiger partial charge is 0.0899 e. The zero-order valence-electron chi connectivity index (χ0n) is 7.96. The minimum Gasteiger partial charge on any atom is -0.397 e. The fourth-order valence-corrected chi connectivity index (χ4v) is 2.26. The molecule has 4 N–H and O–H groups in total. The minimum absolute atomic E-state index is 0.498. The number of hydrogen-bond acceptors (Lipinski definition) is 4. The second kappa shape index (κ2) is 3.70. The van der Waals surface area contributed by atoms with E-state index in [1.54, 1.807) is 12.1 Å². The van der Waals surface area contributed by atoms with E-state index in [-0.39, 0.29) is 0 Å². The molecule has 1 aliphatic carbocycles. The van der Waals surface area contributed by atoms with Crippen LogP contribution in [0.15, 0.2) is 17.0 Å². The van der Waals surface area contributed by atoms with Crippen LogP contribution in [0.2, 0.25) is 0 Å². The van der Waals surface area contributed by atoms with Crippen LogP contribution in [-0.2, 0) is 5.60 Å². The number of halogens is 1. The van der Waals surface area contributed by atoms with Crippen molar-refractivity contribution in [2.24, 2.45) is 0 Å². The van der Waals surface area contributed by atoms with Crippen LogP contribution in [0.4, 0.5) is 5.69 Å².